The van der Waals surface area contributed by atoms with Crippen LogP contribution in [-0.2, 0) is 11.2 Å². The predicted molar refractivity (Wildman–Crippen MR) is 97.2 cm³/mol. The van der Waals surface area contributed by atoms with Crippen molar-refractivity contribution in [2.45, 2.75) is 26.4 Å². The number of nitrogens with zero attached hydrogens (tertiary/aromatic N) is 1. The number of amides is 1. The van der Waals surface area contributed by atoms with Crippen LogP contribution in [0, 0.1) is 13.8 Å². The Morgan fingerprint density at radius 2 is 1.96 bits per heavy atom. The standard InChI is InChI=1S/C20H22N2O3/c1-12-3-4-18(22-5-6-24-20(22)23)16(8-12)17-9-13(2)7-14-10-15(11-21)25-19(14)17/h3-4,7-9,15H,5-6,10-11,21H2,1-2H3/t15-/m0/s1. The smallest absolute Gasteiger partial charge is 0.414 e. The third kappa shape index (κ3) is 2.74. The van der Waals surface area contributed by atoms with Crippen LogP contribution in [0.5, 0.6) is 5.75 Å². The van der Waals surface area contributed by atoms with Crippen LogP contribution in [0.4, 0.5) is 10.5 Å². The summed E-state index contributed by atoms with van der Waals surface area (Å²) in [5.41, 5.74) is 12.2. The van der Waals surface area contributed by atoms with Crippen molar-refractivity contribution in [3.05, 3.63) is 47.0 Å². The van der Waals surface area contributed by atoms with Crippen molar-refractivity contribution in [2.75, 3.05) is 24.6 Å². The second-order valence-corrected chi connectivity index (χ2v) is 6.77. The van der Waals surface area contributed by atoms with Gasteiger partial charge in [0.25, 0.3) is 0 Å². The number of ether oxygens (including phenoxy) is 2. The molecule has 0 unspecified atom stereocenters. The van der Waals surface area contributed by atoms with E-state index in [4.69, 9.17) is 15.2 Å². The van der Waals surface area contributed by atoms with Gasteiger partial charge in [-0.1, -0.05) is 17.7 Å². The lowest BCUT2D eigenvalue weighted by Gasteiger charge is -2.20. The molecule has 2 N–H and O–H groups in total. The summed E-state index contributed by atoms with van der Waals surface area (Å²) in [6.07, 6.45) is 0.545. The number of carbonyl (C=O) groups excluding carboxylic acids is 1. The minimum Gasteiger partial charge on any atom is -0.488 e. The Bertz CT molecular complexity index is 847. The third-order valence-corrected chi connectivity index (χ3v) is 4.80. The van der Waals surface area contributed by atoms with E-state index in [0.29, 0.717) is 19.7 Å². The number of benzene rings is 2. The van der Waals surface area contributed by atoms with Gasteiger partial charge < -0.3 is 15.2 Å². The van der Waals surface area contributed by atoms with E-state index in [1.807, 2.05) is 12.1 Å². The molecule has 0 radical (unpaired) electrons. The van der Waals surface area contributed by atoms with E-state index in [1.54, 1.807) is 4.90 Å². The fraction of sp³-hybridized carbons (Fsp3) is 0.350. The van der Waals surface area contributed by atoms with Crippen molar-refractivity contribution in [1.29, 1.82) is 0 Å². The van der Waals surface area contributed by atoms with Crippen LogP contribution in [-0.4, -0.2) is 31.9 Å². The van der Waals surface area contributed by atoms with Gasteiger partial charge in [0.15, 0.2) is 0 Å². The molecule has 0 aromatic heterocycles. The van der Waals surface area contributed by atoms with Gasteiger partial charge in [0.05, 0.1) is 12.2 Å². The van der Waals surface area contributed by atoms with Crippen molar-refractivity contribution < 1.29 is 14.3 Å². The van der Waals surface area contributed by atoms with Gasteiger partial charge >= 0.3 is 6.09 Å². The first-order valence-corrected chi connectivity index (χ1v) is 8.62. The molecule has 2 aromatic carbocycles. The Labute approximate surface area is 147 Å². The summed E-state index contributed by atoms with van der Waals surface area (Å²) >= 11 is 0. The maximum Gasteiger partial charge on any atom is 0.414 e. The summed E-state index contributed by atoms with van der Waals surface area (Å²) in [6.45, 7) is 5.61. The monoisotopic (exact) mass is 338 g/mol. The molecule has 5 heteroatoms. The van der Waals surface area contributed by atoms with E-state index < -0.39 is 0 Å². The molecule has 2 aromatic rings. The van der Waals surface area contributed by atoms with E-state index in [1.165, 1.54) is 11.1 Å². The SMILES string of the molecule is Cc1ccc(N2CCOC2=O)c(-c2cc(C)cc3c2O[C@H](CN)C3)c1. The summed E-state index contributed by atoms with van der Waals surface area (Å²) in [5, 5.41) is 0. The molecule has 1 fully saturated rings. The predicted octanol–water partition coefficient (Wildman–Crippen LogP) is 3.19. The Kier molecular flexibility index (Phi) is 3.88. The number of cyclic esters (lactones) is 1. The minimum absolute atomic E-state index is 0.0144. The number of carbonyl (C=O) groups is 1. The van der Waals surface area contributed by atoms with Gasteiger partial charge in [-0.3, -0.25) is 4.90 Å². The highest BCUT2D eigenvalue weighted by molar-refractivity contribution is 5.96. The average Bonchev–Trinajstić information content (AvgIpc) is 3.19. The summed E-state index contributed by atoms with van der Waals surface area (Å²) in [6, 6.07) is 10.4. The number of aryl methyl sites for hydroxylation is 2. The van der Waals surface area contributed by atoms with Gasteiger partial charge in [0.1, 0.15) is 18.5 Å². The summed E-state index contributed by atoms with van der Waals surface area (Å²) in [4.78, 5) is 13.8. The number of anilines is 1. The highest BCUT2D eigenvalue weighted by atomic mass is 16.6. The molecule has 1 saturated heterocycles. The van der Waals surface area contributed by atoms with E-state index in [0.717, 1.165) is 34.5 Å². The second kappa shape index (κ2) is 6.08. The maximum atomic E-state index is 12.1. The van der Waals surface area contributed by atoms with Crippen molar-refractivity contribution in [3.63, 3.8) is 0 Å². The Morgan fingerprint density at radius 3 is 2.68 bits per heavy atom. The van der Waals surface area contributed by atoms with Gasteiger partial charge in [-0.25, -0.2) is 4.79 Å². The quantitative estimate of drug-likeness (QED) is 0.933. The zero-order valence-corrected chi connectivity index (χ0v) is 14.5. The normalized spacial score (nSPS) is 18.9. The summed E-state index contributed by atoms with van der Waals surface area (Å²) in [5.74, 6) is 0.889. The zero-order chi connectivity index (χ0) is 17.6. The van der Waals surface area contributed by atoms with Crippen LogP contribution >= 0.6 is 0 Å². The molecule has 0 aliphatic carbocycles. The Morgan fingerprint density at radius 1 is 1.16 bits per heavy atom. The summed E-state index contributed by atoms with van der Waals surface area (Å²) in [7, 11) is 0. The van der Waals surface area contributed by atoms with E-state index in [-0.39, 0.29) is 12.2 Å². The lowest BCUT2D eigenvalue weighted by molar-refractivity contribution is 0.181. The highest BCUT2D eigenvalue weighted by Crippen LogP contribution is 2.44. The van der Waals surface area contributed by atoms with Gasteiger partial charge in [-0.05, 0) is 43.2 Å². The molecule has 1 amide bonds. The van der Waals surface area contributed by atoms with Crippen LogP contribution in [0.25, 0.3) is 11.1 Å². The molecular formula is C20H22N2O3. The molecule has 0 spiro atoms. The number of hydrogen-bond acceptors (Lipinski definition) is 4. The van der Waals surface area contributed by atoms with Crippen molar-refractivity contribution in [2.24, 2.45) is 5.73 Å². The first kappa shape index (κ1) is 16.0. The summed E-state index contributed by atoms with van der Waals surface area (Å²) < 4.78 is 11.3. The van der Waals surface area contributed by atoms with E-state index in [2.05, 4.69) is 32.0 Å². The molecule has 2 aliphatic heterocycles. The molecular weight excluding hydrogens is 316 g/mol. The van der Waals surface area contributed by atoms with Crippen molar-refractivity contribution in [3.8, 4) is 16.9 Å². The number of rotatable bonds is 3. The molecule has 130 valence electrons. The van der Waals surface area contributed by atoms with Crippen LogP contribution in [0.3, 0.4) is 0 Å². The first-order chi connectivity index (χ1) is 12.1. The molecule has 4 rings (SSSR count). The molecule has 2 heterocycles. The number of fused-ring (bicyclic) bond motifs is 1. The highest BCUT2D eigenvalue weighted by Gasteiger charge is 2.30. The second-order valence-electron chi connectivity index (χ2n) is 6.77. The fourth-order valence-electron chi connectivity index (χ4n) is 3.64. The first-order valence-electron chi connectivity index (χ1n) is 8.62. The Balaban J connectivity index is 1.89. The lowest BCUT2D eigenvalue weighted by Crippen LogP contribution is -2.24. The maximum absolute atomic E-state index is 12.1. The van der Waals surface area contributed by atoms with Crippen LogP contribution in [0.1, 0.15) is 16.7 Å². The molecule has 0 bridgehead atoms. The third-order valence-electron chi connectivity index (χ3n) is 4.80. The molecule has 2 aliphatic rings. The molecule has 1 atom stereocenters. The van der Waals surface area contributed by atoms with Gasteiger partial charge in [0, 0.05) is 24.1 Å². The molecule has 0 saturated carbocycles. The minimum atomic E-state index is -0.296. The zero-order valence-electron chi connectivity index (χ0n) is 14.5. The van der Waals surface area contributed by atoms with Crippen LogP contribution in [0.2, 0.25) is 0 Å². The van der Waals surface area contributed by atoms with Crippen molar-refractivity contribution >= 4 is 11.8 Å². The molecule has 5 nitrogen and oxygen atoms in total. The van der Waals surface area contributed by atoms with E-state index in [9.17, 15) is 4.79 Å². The number of hydrogen-bond donors (Lipinski definition) is 1. The van der Waals surface area contributed by atoms with Crippen LogP contribution in [0.15, 0.2) is 30.3 Å². The van der Waals surface area contributed by atoms with Crippen molar-refractivity contribution in [1.82, 2.24) is 0 Å². The number of nitrogens with two attached hydrogens (primary N) is 1. The van der Waals surface area contributed by atoms with Gasteiger partial charge in [-0.2, -0.15) is 0 Å². The fourth-order valence-corrected chi connectivity index (χ4v) is 3.64. The average molecular weight is 338 g/mol. The van der Waals surface area contributed by atoms with Gasteiger partial charge in [-0.15, -0.1) is 0 Å². The Hall–Kier alpha value is -2.53. The van der Waals surface area contributed by atoms with Crippen LogP contribution < -0.4 is 15.4 Å². The van der Waals surface area contributed by atoms with Gasteiger partial charge in [0.2, 0.25) is 0 Å². The molecule has 25 heavy (non-hydrogen) atoms. The topological polar surface area (TPSA) is 64.8 Å². The largest absolute Gasteiger partial charge is 0.488 e. The lowest BCUT2D eigenvalue weighted by atomic mass is 9.95. The van der Waals surface area contributed by atoms with E-state index >= 15 is 0 Å².